The Kier molecular flexibility index (Phi) is 5.98. The monoisotopic (exact) mass is 298 g/mol. The molecule has 0 aliphatic rings. The molecule has 0 heterocycles. The molecule has 0 spiro atoms. The highest BCUT2D eigenvalue weighted by atomic mass is 16.4. The van der Waals surface area contributed by atoms with E-state index in [4.69, 9.17) is 5.73 Å². The summed E-state index contributed by atoms with van der Waals surface area (Å²) in [7, 11) is 0. The molecule has 0 saturated carbocycles. The summed E-state index contributed by atoms with van der Waals surface area (Å²) in [5, 5.41) is 9.69. The van der Waals surface area contributed by atoms with Crippen LogP contribution in [0.25, 0.3) is 0 Å². The number of anilines is 2. The maximum atomic E-state index is 11.8. The number of nitrogens with zero attached hydrogens (tertiary/aromatic N) is 1. The van der Waals surface area contributed by atoms with Crippen LogP contribution < -0.4 is 10.6 Å². The Labute approximate surface area is 131 Å². The number of carboxylic acid groups (broad SMARTS) is 1. The van der Waals surface area contributed by atoms with Gasteiger partial charge in [0.25, 0.3) is 0 Å². The van der Waals surface area contributed by atoms with Gasteiger partial charge in [-0.1, -0.05) is 36.4 Å². The molecule has 0 aliphatic heterocycles. The molecule has 2 aromatic carbocycles. The van der Waals surface area contributed by atoms with Crippen molar-refractivity contribution in [3.63, 3.8) is 0 Å². The number of rotatable bonds is 8. The fourth-order valence-corrected chi connectivity index (χ4v) is 2.53. The van der Waals surface area contributed by atoms with Crippen molar-refractivity contribution >= 4 is 17.3 Å². The number of unbranched alkanes of at least 4 members (excludes halogenated alkanes) is 1. The summed E-state index contributed by atoms with van der Waals surface area (Å²) < 4.78 is 0. The quantitative estimate of drug-likeness (QED) is 0.733. The third-order valence-electron chi connectivity index (χ3n) is 3.60. The predicted octanol–water partition coefficient (Wildman–Crippen LogP) is 3.41. The average Bonchev–Trinajstić information content (AvgIpc) is 2.56. The summed E-state index contributed by atoms with van der Waals surface area (Å²) >= 11 is 0. The normalized spacial score (nSPS) is 11.9. The molecule has 0 radical (unpaired) electrons. The number of aliphatic carboxylic acids is 1. The molecular formula is C18H22N2O2. The molecule has 0 aromatic heterocycles. The van der Waals surface area contributed by atoms with Gasteiger partial charge in [-0.3, -0.25) is 0 Å². The van der Waals surface area contributed by atoms with Gasteiger partial charge in [0.15, 0.2) is 0 Å². The van der Waals surface area contributed by atoms with Crippen LogP contribution in [0, 0.1) is 0 Å². The van der Waals surface area contributed by atoms with Crippen molar-refractivity contribution in [3.05, 3.63) is 60.7 Å². The lowest BCUT2D eigenvalue weighted by Crippen LogP contribution is -2.38. The zero-order valence-electron chi connectivity index (χ0n) is 12.6. The van der Waals surface area contributed by atoms with Gasteiger partial charge in [-0.25, -0.2) is 4.79 Å². The molecule has 0 saturated heterocycles. The van der Waals surface area contributed by atoms with Crippen LogP contribution in [0.5, 0.6) is 0 Å². The zero-order chi connectivity index (χ0) is 15.8. The minimum absolute atomic E-state index is 0.566. The third-order valence-corrected chi connectivity index (χ3v) is 3.60. The Hall–Kier alpha value is -2.33. The standard InChI is InChI=1S/C18H22N2O2/c19-14-8-7-13-17(18(21)22)20(15-9-3-1-4-10-15)16-11-5-2-6-12-16/h1-6,9-12,17H,7-8,13-14,19H2,(H,21,22)/t17-/m0/s1. The van der Waals surface area contributed by atoms with Crippen molar-refractivity contribution in [3.8, 4) is 0 Å². The molecule has 1 atom stereocenters. The van der Waals surface area contributed by atoms with Crippen molar-refractivity contribution in [2.75, 3.05) is 11.4 Å². The molecule has 3 N–H and O–H groups in total. The maximum absolute atomic E-state index is 11.8. The Balaban J connectivity index is 2.35. The summed E-state index contributed by atoms with van der Waals surface area (Å²) in [6.07, 6.45) is 2.20. The van der Waals surface area contributed by atoms with Crippen LogP contribution in [0.4, 0.5) is 11.4 Å². The van der Waals surface area contributed by atoms with E-state index in [2.05, 4.69) is 0 Å². The van der Waals surface area contributed by atoms with Gasteiger partial charge in [-0.05, 0) is 50.1 Å². The Morgan fingerprint density at radius 3 is 1.86 bits per heavy atom. The lowest BCUT2D eigenvalue weighted by molar-refractivity contribution is -0.138. The highest BCUT2D eigenvalue weighted by Crippen LogP contribution is 2.29. The van der Waals surface area contributed by atoms with Gasteiger partial charge in [0.05, 0.1) is 0 Å². The lowest BCUT2D eigenvalue weighted by Gasteiger charge is -2.31. The van der Waals surface area contributed by atoms with Gasteiger partial charge in [0, 0.05) is 11.4 Å². The van der Waals surface area contributed by atoms with Crippen molar-refractivity contribution in [2.45, 2.75) is 25.3 Å². The Bertz CT molecular complexity index is 533. The fourth-order valence-electron chi connectivity index (χ4n) is 2.53. The van der Waals surface area contributed by atoms with Crippen LogP contribution in [0.1, 0.15) is 19.3 Å². The number of carbonyl (C=O) groups is 1. The number of nitrogens with two attached hydrogens (primary N) is 1. The largest absolute Gasteiger partial charge is 0.480 e. The molecule has 0 amide bonds. The summed E-state index contributed by atoms with van der Waals surface area (Å²) in [5.74, 6) is -0.815. The molecule has 4 nitrogen and oxygen atoms in total. The first kappa shape index (κ1) is 16.0. The highest BCUT2D eigenvalue weighted by molar-refractivity contribution is 5.82. The van der Waals surface area contributed by atoms with E-state index in [1.54, 1.807) is 0 Å². The van der Waals surface area contributed by atoms with Gasteiger partial charge < -0.3 is 15.7 Å². The van der Waals surface area contributed by atoms with Gasteiger partial charge in [-0.2, -0.15) is 0 Å². The molecule has 4 heteroatoms. The van der Waals surface area contributed by atoms with E-state index in [0.29, 0.717) is 13.0 Å². The summed E-state index contributed by atoms with van der Waals surface area (Å²) in [6, 6.07) is 18.7. The smallest absolute Gasteiger partial charge is 0.326 e. The van der Waals surface area contributed by atoms with E-state index in [1.165, 1.54) is 0 Å². The van der Waals surface area contributed by atoms with E-state index in [1.807, 2.05) is 65.6 Å². The molecule has 0 unspecified atom stereocenters. The van der Waals surface area contributed by atoms with E-state index in [9.17, 15) is 9.90 Å². The minimum atomic E-state index is -0.815. The van der Waals surface area contributed by atoms with E-state index in [0.717, 1.165) is 24.2 Å². The first-order chi connectivity index (χ1) is 10.7. The lowest BCUT2D eigenvalue weighted by atomic mass is 10.1. The van der Waals surface area contributed by atoms with E-state index in [-0.39, 0.29) is 0 Å². The van der Waals surface area contributed by atoms with Gasteiger partial charge >= 0.3 is 5.97 Å². The SMILES string of the molecule is NCCCC[C@@H](C(=O)O)N(c1ccccc1)c1ccccc1. The Morgan fingerprint density at radius 2 is 1.45 bits per heavy atom. The number of para-hydroxylation sites is 2. The Morgan fingerprint density at radius 1 is 0.955 bits per heavy atom. The molecule has 116 valence electrons. The van der Waals surface area contributed by atoms with E-state index < -0.39 is 12.0 Å². The molecule has 0 aliphatic carbocycles. The number of hydrogen-bond acceptors (Lipinski definition) is 3. The van der Waals surface area contributed by atoms with E-state index >= 15 is 0 Å². The second kappa shape index (κ2) is 8.20. The first-order valence-electron chi connectivity index (χ1n) is 7.56. The molecule has 0 fully saturated rings. The summed E-state index contributed by atoms with van der Waals surface area (Å²) in [4.78, 5) is 13.7. The maximum Gasteiger partial charge on any atom is 0.326 e. The van der Waals surface area contributed by atoms with Gasteiger partial charge in [0.2, 0.25) is 0 Å². The van der Waals surface area contributed by atoms with Crippen LogP contribution in [-0.2, 0) is 4.79 Å². The molecule has 2 aromatic rings. The second-order valence-electron chi connectivity index (χ2n) is 5.18. The summed E-state index contributed by atoms with van der Waals surface area (Å²) in [6.45, 7) is 0.586. The van der Waals surface area contributed by atoms with Crippen LogP contribution >= 0.6 is 0 Å². The fraction of sp³-hybridized carbons (Fsp3) is 0.278. The van der Waals surface area contributed by atoms with Gasteiger partial charge in [-0.15, -0.1) is 0 Å². The summed E-state index contributed by atoms with van der Waals surface area (Å²) in [5.41, 5.74) is 7.29. The first-order valence-corrected chi connectivity index (χ1v) is 7.56. The van der Waals surface area contributed by atoms with Crippen molar-refractivity contribution in [1.82, 2.24) is 0 Å². The average molecular weight is 298 g/mol. The van der Waals surface area contributed by atoms with Gasteiger partial charge in [0.1, 0.15) is 6.04 Å². The highest BCUT2D eigenvalue weighted by Gasteiger charge is 2.26. The van der Waals surface area contributed by atoms with Crippen LogP contribution in [0.3, 0.4) is 0 Å². The molecule has 0 bridgehead atoms. The number of hydrogen-bond donors (Lipinski definition) is 2. The van der Waals surface area contributed by atoms with Crippen molar-refractivity contribution < 1.29 is 9.90 Å². The van der Waals surface area contributed by atoms with Crippen molar-refractivity contribution in [2.24, 2.45) is 5.73 Å². The minimum Gasteiger partial charge on any atom is -0.480 e. The number of benzene rings is 2. The van der Waals surface area contributed by atoms with Crippen LogP contribution in [-0.4, -0.2) is 23.7 Å². The van der Waals surface area contributed by atoms with Crippen molar-refractivity contribution in [1.29, 1.82) is 0 Å². The second-order valence-corrected chi connectivity index (χ2v) is 5.18. The zero-order valence-corrected chi connectivity index (χ0v) is 12.6. The molecule has 2 rings (SSSR count). The number of carboxylic acids is 1. The predicted molar refractivity (Wildman–Crippen MR) is 89.4 cm³/mol. The molecule has 22 heavy (non-hydrogen) atoms. The topological polar surface area (TPSA) is 66.6 Å². The van der Waals surface area contributed by atoms with Crippen LogP contribution in [0.2, 0.25) is 0 Å². The third kappa shape index (κ3) is 4.09. The van der Waals surface area contributed by atoms with Crippen LogP contribution in [0.15, 0.2) is 60.7 Å². The molecular weight excluding hydrogens is 276 g/mol.